The van der Waals surface area contributed by atoms with Crippen LogP contribution in [0.2, 0.25) is 0 Å². The number of hydrogen-bond acceptors (Lipinski definition) is 2. The van der Waals surface area contributed by atoms with Crippen molar-refractivity contribution in [3.8, 4) is 0 Å². The van der Waals surface area contributed by atoms with Crippen LogP contribution in [0.3, 0.4) is 0 Å². The van der Waals surface area contributed by atoms with Gasteiger partial charge in [-0.05, 0) is 36.3 Å². The van der Waals surface area contributed by atoms with Crippen molar-refractivity contribution in [2.24, 2.45) is 5.73 Å². The molecule has 14 heavy (non-hydrogen) atoms. The van der Waals surface area contributed by atoms with Gasteiger partial charge >= 0.3 is 0 Å². The molecule has 1 aromatic carbocycles. The Balaban J connectivity index is 1.98. The van der Waals surface area contributed by atoms with Crippen LogP contribution in [0.25, 0.3) is 0 Å². The first-order chi connectivity index (χ1) is 6.79. The van der Waals surface area contributed by atoms with Crippen molar-refractivity contribution in [1.82, 2.24) is 0 Å². The van der Waals surface area contributed by atoms with Crippen LogP contribution in [0, 0.1) is 0 Å². The van der Waals surface area contributed by atoms with E-state index in [1.165, 1.54) is 24.0 Å². The van der Waals surface area contributed by atoms with Crippen molar-refractivity contribution in [2.45, 2.75) is 31.3 Å². The summed E-state index contributed by atoms with van der Waals surface area (Å²) >= 11 is 0. The predicted molar refractivity (Wildman–Crippen MR) is 57.2 cm³/mol. The van der Waals surface area contributed by atoms with Gasteiger partial charge in [-0.1, -0.05) is 24.3 Å². The minimum absolute atomic E-state index is 0.338. The van der Waals surface area contributed by atoms with Gasteiger partial charge in [-0.2, -0.15) is 0 Å². The molecule has 2 heteroatoms. The van der Waals surface area contributed by atoms with Gasteiger partial charge in [0, 0.05) is 6.54 Å². The number of aliphatic hydroxyl groups is 1. The molecule has 1 fully saturated rings. The Hall–Kier alpha value is -0.860. The summed E-state index contributed by atoms with van der Waals surface area (Å²) in [5, 5.41) is 9.38. The summed E-state index contributed by atoms with van der Waals surface area (Å²) in [6.45, 7) is 0.338. The fraction of sp³-hybridized carbons (Fsp3) is 0.500. The molecule has 0 heterocycles. The van der Waals surface area contributed by atoms with Crippen LogP contribution in [0.5, 0.6) is 0 Å². The summed E-state index contributed by atoms with van der Waals surface area (Å²) in [6.07, 6.45) is 2.94. The zero-order valence-corrected chi connectivity index (χ0v) is 8.32. The summed E-state index contributed by atoms with van der Waals surface area (Å²) < 4.78 is 0. The molecule has 0 spiro atoms. The SMILES string of the molecule is NCC(O)Cc1ccc(C2CC2)cc1. The van der Waals surface area contributed by atoms with Gasteiger partial charge in [0.05, 0.1) is 6.10 Å². The molecule has 2 rings (SSSR count). The number of nitrogens with two attached hydrogens (primary N) is 1. The summed E-state index contributed by atoms with van der Waals surface area (Å²) in [5.74, 6) is 0.809. The van der Waals surface area contributed by atoms with Crippen LogP contribution in [0.1, 0.15) is 29.9 Å². The highest BCUT2D eigenvalue weighted by molar-refractivity contribution is 5.28. The second kappa shape index (κ2) is 4.11. The molecule has 0 amide bonds. The zero-order chi connectivity index (χ0) is 9.97. The molecule has 0 aromatic heterocycles. The molecular weight excluding hydrogens is 174 g/mol. The molecule has 2 nitrogen and oxygen atoms in total. The molecule has 0 bridgehead atoms. The normalized spacial score (nSPS) is 18.1. The summed E-state index contributed by atoms with van der Waals surface area (Å²) in [5.41, 5.74) is 7.97. The van der Waals surface area contributed by atoms with Crippen LogP contribution in [-0.2, 0) is 6.42 Å². The van der Waals surface area contributed by atoms with Crippen LogP contribution in [-0.4, -0.2) is 17.8 Å². The third-order valence-electron chi connectivity index (χ3n) is 2.77. The molecule has 1 unspecified atom stereocenters. The van der Waals surface area contributed by atoms with E-state index < -0.39 is 6.10 Å². The van der Waals surface area contributed by atoms with Crippen molar-refractivity contribution in [3.63, 3.8) is 0 Å². The number of hydrogen-bond donors (Lipinski definition) is 2. The monoisotopic (exact) mass is 191 g/mol. The van der Waals surface area contributed by atoms with E-state index in [0.717, 1.165) is 5.92 Å². The second-order valence-corrected chi connectivity index (χ2v) is 4.11. The molecule has 76 valence electrons. The largest absolute Gasteiger partial charge is 0.391 e. The third kappa shape index (κ3) is 2.34. The van der Waals surface area contributed by atoms with Gasteiger partial charge in [0.2, 0.25) is 0 Å². The van der Waals surface area contributed by atoms with Gasteiger partial charge in [0.25, 0.3) is 0 Å². The first-order valence-corrected chi connectivity index (χ1v) is 5.26. The highest BCUT2D eigenvalue weighted by Crippen LogP contribution is 2.39. The maximum atomic E-state index is 9.38. The lowest BCUT2D eigenvalue weighted by atomic mass is 10.0. The van der Waals surface area contributed by atoms with E-state index in [2.05, 4.69) is 24.3 Å². The molecule has 1 aliphatic rings. The third-order valence-corrected chi connectivity index (χ3v) is 2.77. The highest BCUT2D eigenvalue weighted by atomic mass is 16.3. The van der Waals surface area contributed by atoms with Crippen molar-refractivity contribution < 1.29 is 5.11 Å². The Morgan fingerprint density at radius 3 is 2.43 bits per heavy atom. The van der Waals surface area contributed by atoms with Crippen molar-refractivity contribution in [2.75, 3.05) is 6.54 Å². The Morgan fingerprint density at radius 1 is 1.29 bits per heavy atom. The fourth-order valence-corrected chi connectivity index (χ4v) is 1.70. The molecule has 1 atom stereocenters. The lowest BCUT2D eigenvalue weighted by Gasteiger charge is -2.07. The first-order valence-electron chi connectivity index (χ1n) is 5.26. The first kappa shape index (κ1) is 9.69. The fourth-order valence-electron chi connectivity index (χ4n) is 1.70. The lowest BCUT2D eigenvalue weighted by Crippen LogP contribution is -2.21. The molecule has 0 saturated heterocycles. The van der Waals surface area contributed by atoms with Gasteiger partial charge in [0.1, 0.15) is 0 Å². The summed E-state index contributed by atoms with van der Waals surface area (Å²) in [7, 11) is 0. The Bertz CT molecular complexity index is 290. The minimum Gasteiger partial charge on any atom is -0.391 e. The van der Waals surface area contributed by atoms with E-state index in [1.54, 1.807) is 0 Å². The maximum Gasteiger partial charge on any atom is 0.0702 e. The van der Waals surface area contributed by atoms with Gasteiger partial charge in [-0.3, -0.25) is 0 Å². The zero-order valence-electron chi connectivity index (χ0n) is 8.32. The van der Waals surface area contributed by atoms with Crippen LogP contribution in [0.15, 0.2) is 24.3 Å². The van der Waals surface area contributed by atoms with Gasteiger partial charge in [0.15, 0.2) is 0 Å². The molecule has 0 radical (unpaired) electrons. The summed E-state index contributed by atoms with van der Waals surface area (Å²) in [4.78, 5) is 0. The van der Waals surface area contributed by atoms with E-state index in [0.29, 0.717) is 13.0 Å². The molecule has 1 aliphatic carbocycles. The van der Waals surface area contributed by atoms with Gasteiger partial charge < -0.3 is 10.8 Å². The van der Waals surface area contributed by atoms with Crippen LogP contribution < -0.4 is 5.73 Å². The average Bonchev–Trinajstić information content (AvgIpc) is 3.02. The molecular formula is C12H17NO. The Morgan fingerprint density at radius 2 is 1.93 bits per heavy atom. The molecule has 1 aromatic rings. The maximum absolute atomic E-state index is 9.38. The molecule has 3 N–H and O–H groups in total. The van der Waals surface area contributed by atoms with Gasteiger partial charge in [-0.25, -0.2) is 0 Å². The van der Waals surface area contributed by atoms with Crippen LogP contribution in [0.4, 0.5) is 0 Å². The smallest absolute Gasteiger partial charge is 0.0702 e. The molecule has 0 aliphatic heterocycles. The van der Waals surface area contributed by atoms with E-state index in [9.17, 15) is 5.11 Å². The topological polar surface area (TPSA) is 46.2 Å². The average molecular weight is 191 g/mol. The van der Waals surface area contributed by atoms with Crippen molar-refractivity contribution in [3.05, 3.63) is 35.4 Å². The van der Waals surface area contributed by atoms with E-state index in [-0.39, 0.29) is 0 Å². The second-order valence-electron chi connectivity index (χ2n) is 4.11. The summed E-state index contributed by atoms with van der Waals surface area (Å²) in [6, 6.07) is 8.56. The Labute approximate surface area is 84.7 Å². The number of aliphatic hydroxyl groups excluding tert-OH is 1. The minimum atomic E-state index is -0.401. The van der Waals surface area contributed by atoms with Crippen LogP contribution >= 0.6 is 0 Å². The Kier molecular flexibility index (Phi) is 2.85. The standard InChI is InChI=1S/C12H17NO/c13-8-12(14)7-9-1-3-10(4-2-9)11-5-6-11/h1-4,11-12,14H,5-8,13H2. The van der Waals surface area contributed by atoms with Crippen molar-refractivity contribution in [1.29, 1.82) is 0 Å². The highest BCUT2D eigenvalue weighted by Gasteiger charge is 2.22. The van der Waals surface area contributed by atoms with E-state index >= 15 is 0 Å². The van der Waals surface area contributed by atoms with Gasteiger partial charge in [-0.15, -0.1) is 0 Å². The van der Waals surface area contributed by atoms with E-state index in [4.69, 9.17) is 5.73 Å². The number of benzene rings is 1. The molecule has 1 saturated carbocycles. The lowest BCUT2D eigenvalue weighted by molar-refractivity contribution is 0.183. The van der Waals surface area contributed by atoms with E-state index in [1.807, 2.05) is 0 Å². The quantitative estimate of drug-likeness (QED) is 0.756. The van der Waals surface area contributed by atoms with Crippen molar-refractivity contribution >= 4 is 0 Å². The predicted octanol–water partition coefficient (Wildman–Crippen LogP) is 1.43. The number of rotatable bonds is 4.